The number of nitrogens with zero attached hydrogens (tertiary/aromatic N) is 4. The molecule has 2 heterocycles. The number of nitriles is 1. The minimum Gasteiger partial charge on any atom is -0.370 e. The van der Waals surface area contributed by atoms with Crippen LogP contribution in [0.15, 0.2) is 72.9 Å². The lowest BCUT2D eigenvalue weighted by atomic mass is 10.1. The lowest BCUT2D eigenvalue weighted by molar-refractivity contribution is 0.945. The van der Waals surface area contributed by atoms with Crippen molar-refractivity contribution < 1.29 is 0 Å². The van der Waals surface area contributed by atoms with Crippen molar-refractivity contribution in [3.8, 4) is 6.07 Å². The molecule has 2 aromatic heterocycles. The van der Waals surface area contributed by atoms with E-state index in [4.69, 9.17) is 28.5 Å². The fourth-order valence-electron chi connectivity index (χ4n) is 3.24. The van der Waals surface area contributed by atoms with Gasteiger partial charge in [-0.2, -0.15) is 10.2 Å². The molecule has 33 heavy (non-hydrogen) atoms. The molecule has 0 fully saturated rings. The van der Waals surface area contributed by atoms with Crippen molar-refractivity contribution in [2.45, 2.75) is 12.8 Å². The maximum absolute atomic E-state index is 9.01. The molecule has 0 spiro atoms. The summed E-state index contributed by atoms with van der Waals surface area (Å²) < 4.78 is 0. The van der Waals surface area contributed by atoms with E-state index < -0.39 is 0 Å². The van der Waals surface area contributed by atoms with Crippen LogP contribution in [0.4, 0.5) is 17.5 Å². The topological polar surface area (TPSA) is 86.5 Å². The normalized spacial score (nSPS) is 10.5. The van der Waals surface area contributed by atoms with E-state index in [0.717, 1.165) is 29.1 Å². The Bertz CT molecular complexity index is 1250. The molecule has 0 aliphatic carbocycles. The second-order valence-electron chi connectivity index (χ2n) is 7.26. The lowest BCUT2D eigenvalue weighted by Crippen LogP contribution is -2.10. The van der Waals surface area contributed by atoms with Crippen LogP contribution in [-0.4, -0.2) is 21.5 Å². The van der Waals surface area contributed by atoms with Crippen LogP contribution in [0.25, 0.3) is 0 Å². The standard InChI is InChI=1S/C25H20Cl2N6/c26-22-5-3-6-23(27)21(22)14-20-15-24(30-13-11-18-4-1-2-12-29-18)33-25(32-20)31-19-9-7-17(16-28)8-10-19/h1-10,12,15H,11,13-14H2,(H2,30,31,32,33). The molecule has 6 nitrogen and oxygen atoms in total. The molecule has 0 radical (unpaired) electrons. The van der Waals surface area contributed by atoms with E-state index in [1.807, 2.05) is 54.6 Å². The number of anilines is 3. The number of hydrogen-bond acceptors (Lipinski definition) is 6. The first-order valence-electron chi connectivity index (χ1n) is 10.3. The van der Waals surface area contributed by atoms with Gasteiger partial charge in [0, 0.05) is 53.1 Å². The molecule has 0 amide bonds. The lowest BCUT2D eigenvalue weighted by Gasteiger charge is -2.13. The van der Waals surface area contributed by atoms with Gasteiger partial charge in [-0.15, -0.1) is 0 Å². The van der Waals surface area contributed by atoms with Gasteiger partial charge in [-0.3, -0.25) is 4.98 Å². The summed E-state index contributed by atoms with van der Waals surface area (Å²) in [7, 11) is 0. The Hall–Kier alpha value is -3.66. The van der Waals surface area contributed by atoms with E-state index in [-0.39, 0.29) is 0 Å². The van der Waals surface area contributed by atoms with Crippen molar-refractivity contribution in [1.29, 1.82) is 5.26 Å². The monoisotopic (exact) mass is 474 g/mol. The van der Waals surface area contributed by atoms with Gasteiger partial charge in [0.25, 0.3) is 0 Å². The molecule has 0 saturated carbocycles. The highest BCUT2D eigenvalue weighted by Gasteiger charge is 2.11. The van der Waals surface area contributed by atoms with Gasteiger partial charge in [0.2, 0.25) is 5.95 Å². The zero-order valence-electron chi connectivity index (χ0n) is 17.6. The Morgan fingerprint density at radius 3 is 2.36 bits per heavy atom. The number of pyridine rings is 1. The minimum atomic E-state index is 0.431. The molecule has 4 aromatic rings. The third-order valence-corrected chi connectivity index (χ3v) is 5.59. The van der Waals surface area contributed by atoms with E-state index in [1.54, 1.807) is 18.3 Å². The van der Waals surface area contributed by atoms with Gasteiger partial charge in [-0.05, 0) is 54.1 Å². The molecule has 0 saturated heterocycles. The SMILES string of the molecule is N#Cc1ccc(Nc2nc(Cc3c(Cl)cccc3Cl)cc(NCCc3ccccn3)n2)cc1. The van der Waals surface area contributed by atoms with Crippen LogP contribution >= 0.6 is 23.2 Å². The van der Waals surface area contributed by atoms with E-state index in [9.17, 15) is 0 Å². The first kappa shape index (κ1) is 22.5. The largest absolute Gasteiger partial charge is 0.370 e. The van der Waals surface area contributed by atoms with E-state index in [0.29, 0.717) is 40.3 Å². The average Bonchev–Trinajstić information content (AvgIpc) is 2.83. The molecule has 0 bridgehead atoms. The van der Waals surface area contributed by atoms with Gasteiger partial charge in [-0.25, -0.2) is 4.98 Å². The zero-order chi connectivity index (χ0) is 23.0. The quantitative estimate of drug-likeness (QED) is 0.323. The summed E-state index contributed by atoms with van der Waals surface area (Å²) in [4.78, 5) is 13.6. The van der Waals surface area contributed by atoms with Crippen molar-refractivity contribution in [2.75, 3.05) is 17.2 Å². The fraction of sp³-hybridized carbons (Fsp3) is 0.120. The molecule has 4 rings (SSSR count). The predicted molar refractivity (Wildman–Crippen MR) is 132 cm³/mol. The Labute approximate surface area is 202 Å². The molecule has 2 N–H and O–H groups in total. The van der Waals surface area contributed by atoms with Crippen LogP contribution in [0.2, 0.25) is 10.0 Å². The van der Waals surface area contributed by atoms with Crippen molar-refractivity contribution in [3.05, 3.63) is 105 Å². The summed E-state index contributed by atoms with van der Waals surface area (Å²) in [5, 5.41) is 16.8. The first-order chi connectivity index (χ1) is 16.1. The molecule has 8 heteroatoms. The van der Waals surface area contributed by atoms with Gasteiger partial charge in [0.1, 0.15) is 5.82 Å². The number of rotatable bonds is 8. The number of hydrogen-bond donors (Lipinski definition) is 2. The van der Waals surface area contributed by atoms with Gasteiger partial charge in [-0.1, -0.05) is 35.3 Å². The highest BCUT2D eigenvalue weighted by molar-refractivity contribution is 6.36. The van der Waals surface area contributed by atoms with Crippen LogP contribution in [0.3, 0.4) is 0 Å². The van der Waals surface area contributed by atoms with Crippen molar-refractivity contribution in [2.24, 2.45) is 0 Å². The van der Waals surface area contributed by atoms with Gasteiger partial charge < -0.3 is 10.6 Å². The van der Waals surface area contributed by atoms with E-state index in [1.165, 1.54) is 0 Å². The smallest absolute Gasteiger partial charge is 0.229 e. The molecule has 0 aliphatic rings. The number of halogens is 2. The fourth-order valence-corrected chi connectivity index (χ4v) is 3.77. The Balaban J connectivity index is 1.57. The van der Waals surface area contributed by atoms with Crippen LogP contribution in [-0.2, 0) is 12.8 Å². The van der Waals surface area contributed by atoms with Crippen LogP contribution in [0, 0.1) is 11.3 Å². The molecule has 0 aliphatic heterocycles. The van der Waals surface area contributed by atoms with Crippen LogP contribution in [0.5, 0.6) is 0 Å². The predicted octanol–water partition coefficient (Wildman–Crippen LogP) is 6.04. The Kier molecular flexibility index (Phi) is 7.36. The van der Waals surface area contributed by atoms with Crippen molar-refractivity contribution in [1.82, 2.24) is 15.0 Å². The summed E-state index contributed by atoms with van der Waals surface area (Å²) in [6.45, 7) is 0.663. The Morgan fingerprint density at radius 2 is 1.67 bits per heavy atom. The minimum absolute atomic E-state index is 0.431. The molecular formula is C25H20Cl2N6. The van der Waals surface area contributed by atoms with Crippen LogP contribution < -0.4 is 10.6 Å². The molecule has 2 aromatic carbocycles. The Morgan fingerprint density at radius 1 is 0.879 bits per heavy atom. The highest BCUT2D eigenvalue weighted by atomic mass is 35.5. The van der Waals surface area contributed by atoms with Crippen LogP contribution in [0.1, 0.15) is 22.5 Å². The van der Waals surface area contributed by atoms with Gasteiger partial charge >= 0.3 is 0 Å². The number of nitrogens with one attached hydrogen (secondary N) is 2. The van der Waals surface area contributed by atoms with Crippen molar-refractivity contribution >= 4 is 40.7 Å². The maximum Gasteiger partial charge on any atom is 0.229 e. The molecule has 0 unspecified atom stereocenters. The first-order valence-corrected chi connectivity index (χ1v) is 11.1. The molecule has 0 atom stereocenters. The molecule has 164 valence electrons. The number of aromatic nitrogens is 3. The van der Waals surface area contributed by atoms with Crippen molar-refractivity contribution in [3.63, 3.8) is 0 Å². The third-order valence-electron chi connectivity index (χ3n) is 4.88. The van der Waals surface area contributed by atoms with Gasteiger partial charge in [0.05, 0.1) is 17.3 Å². The second kappa shape index (κ2) is 10.8. The van der Waals surface area contributed by atoms with E-state index >= 15 is 0 Å². The second-order valence-corrected chi connectivity index (χ2v) is 8.07. The summed E-state index contributed by atoms with van der Waals surface area (Å²) in [5.41, 5.74) is 3.93. The summed E-state index contributed by atoms with van der Waals surface area (Å²) in [6, 6.07) is 22.4. The highest BCUT2D eigenvalue weighted by Crippen LogP contribution is 2.27. The van der Waals surface area contributed by atoms with Gasteiger partial charge in [0.15, 0.2) is 0 Å². The summed E-state index contributed by atoms with van der Waals surface area (Å²) >= 11 is 12.8. The third kappa shape index (κ3) is 6.19. The average molecular weight is 475 g/mol. The number of benzene rings is 2. The molecular weight excluding hydrogens is 455 g/mol. The zero-order valence-corrected chi connectivity index (χ0v) is 19.1. The summed E-state index contributed by atoms with van der Waals surface area (Å²) in [6.07, 6.45) is 3.00. The van der Waals surface area contributed by atoms with E-state index in [2.05, 4.69) is 31.7 Å². The summed E-state index contributed by atoms with van der Waals surface area (Å²) in [5.74, 6) is 1.11. The maximum atomic E-state index is 9.01.